The van der Waals surface area contributed by atoms with Gasteiger partial charge in [-0.3, -0.25) is 4.79 Å². The minimum Gasteiger partial charge on any atom is -0.354 e. The van der Waals surface area contributed by atoms with Gasteiger partial charge in [0, 0.05) is 17.5 Å². The molecule has 1 amide bonds. The summed E-state index contributed by atoms with van der Waals surface area (Å²) in [5.41, 5.74) is 0. The number of hydrogen-bond acceptors (Lipinski definition) is 3. The Balaban J connectivity index is 1.82. The quantitative estimate of drug-likeness (QED) is 0.884. The first-order valence-electron chi connectivity index (χ1n) is 5.93. The lowest BCUT2D eigenvalue weighted by molar-refractivity contribution is -0.122. The van der Waals surface area contributed by atoms with Gasteiger partial charge in [0.1, 0.15) is 0 Å². The molecule has 1 aromatic heterocycles. The van der Waals surface area contributed by atoms with Gasteiger partial charge in [0.25, 0.3) is 0 Å². The second kappa shape index (κ2) is 5.85. The molecule has 2 atom stereocenters. The maximum atomic E-state index is 11.9. The predicted octanol–water partition coefficient (Wildman–Crippen LogP) is 2.37. The van der Waals surface area contributed by atoms with E-state index in [0.717, 1.165) is 28.7 Å². The molecule has 0 spiro atoms. The Morgan fingerprint density at radius 1 is 1.71 bits per heavy atom. The molecule has 2 unspecified atom stereocenters. The topological polar surface area (TPSA) is 41.1 Å². The Morgan fingerprint density at radius 3 is 3.12 bits per heavy atom. The number of carbonyl (C=O) groups is 1. The third-order valence-electron chi connectivity index (χ3n) is 3.10. The van der Waals surface area contributed by atoms with Crippen molar-refractivity contribution in [2.45, 2.75) is 31.7 Å². The first-order valence-corrected chi connectivity index (χ1v) is 7.12. The molecule has 5 heteroatoms. The molecular formula is C12H17ClN2OS. The fourth-order valence-electron chi connectivity index (χ4n) is 2.00. The summed E-state index contributed by atoms with van der Waals surface area (Å²) in [7, 11) is 0. The molecule has 2 rings (SSSR count). The highest BCUT2D eigenvalue weighted by Gasteiger charge is 2.19. The fourth-order valence-corrected chi connectivity index (χ4v) is 3.11. The molecule has 94 valence electrons. The van der Waals surface area contributed by atoms with E-state index in [1.807, 2.05) is 19.1 Å². The van der Waals surface area contributed by atoms with Gasteiger partial charge in [0.15, 0.2) is 0 Å². The van der Waals surface area contributed by atoms with Gasteiger partial charge in [-0.2, -0.15) is 0 Å². The summed E-state index contributed by atoms with van der Waals surface area (Å²) in [5.74, 6) is -0.0360. The molecular weight excluding hydrogens is 256 g/mol. The molecule has 17 heavy (non-hydrogen) atoms. The molecule has 2 heterocycles. The van der Waals surface area contributed by atoms with Crippen LogP contribution in [0.25, 0.3) is 0 Å². The van der Waals surface area contributed by atoms with Crippen LogP contribution in [0.5, 0.6) is 0 Å². The molecule has 1 aliphatic heterocycles. The van der Waals surface area contributed by atoms with Crippen LogP contribution in [0.15, 0.2) is 12.1 Å². The van der Waals surface area contributed by atoms with Gasteiger partial charge in [-0.15, -0.1) is 11.3 Å². The van der Waals surface area contributed by atoms with Crippen molar-refractivity contribution in [3.8, 4) is 0 Å². The van der Waals surface area contributed by atoms with E-state index >= 15 is 0 Å². The van der Waals surface area contributed by atoms with E-state index in [2.05, 4.69) is 10.6 Å². The van der Waals surface area contributed by atoms with Crippen LogP contribution in [-0.2, 0) is 4.79 Å². The van der Waals surface area contributed by atoms with E-state index in [0.29, 0.717) is 6.04 Å². The van der Waals surface area contributed by atoms with Crippen molar-refractivity contribution in [1.29, 1.82) is 0 Å². The first kappa shape index (κ1) is 12.9. The van der Waals surface area contributed by atoms with Crippen LogP contribution >= 0.6 is 22.9 Å². The maximum Gasteiger partial charge on any atom is 0.228 e. The summed E-state index contributed by atoms with van der Waals surface area (Å²) < 4.78 is 0.733. The number of nitrogens with one attached hydrogen (secondary N) is 2. The molecule has 0 radical (unpaired) electrons. The van der Waals surface area contributed by atoms with Crippen molar-refractivity contribution in [1.82, 2.24) is 10.6 Å². The molecule has 0 bridgehead atoms. The normalized spacial score (nSPS) is 21.4. The Bertz CT molecular complexity index is 388. The van der Waals surface area contributed by atoms with Crippen molar-refractivity contribution >= 4 is 28.8 Å². The van der Waals surface area contributed by atoms with Crippen molar-refractivity contribution in [3.05, 3.63) is 21.3 Å². The zero-order valence-corrected chi connectivity index (χ0v) is 11.4. The van der Waals surface area contributed by atoms with Crippen LogP contribution < -0.4 is 10.6 Å². The molecule has 0 saturated carbocycles. The van der Waals surface area contributed by atoms with E-state index in [-0.39, 0.29) is 11.8 Å². The molecule has 1 fully saturated rings. The summed E-state index contributed by atoms with van der Waals surface area (Å²) in [4.78, 5) is 13.0. The van der Waals surface area contributed by atoms with E-state index in [1.165, 1.54) is 17.8 Å². The highest BCUT2D eigenvalue weighted by molar-refractivity contribution is 7.16. The molecule has 1 aliphatic rings. The highest BCUT2D eigenvalue weighted by atomic mass is 35.5. The monoisotopic (exact) mass is 272 g/mol. The second-order valence-electron chi connectivity index (χ2n) is 4.40. The minimum absolute atomic E-state index is 0.0808. The van der Waals surface area contributed by atoms with Crippen molar-refractivity contribution in [3.63, 3.8) is 0 Å². The van der Waals surface area contributed by atoms with E-state index in [4.69, 9.17) is 11.6 Å². The Morgan fingerprint density at radius 2 is 2.53 bits per heavy atom. The number of hydrogen-bond donors (Lipinski definition) is 2. The minimum atomic E-state index is -0.117. The van der Waals surface area contributed by atoms with Crippen molar-refractivity contribution in [2.75, 3.05) is 13.1 Å². The van der Waals surface area contributed by atoms with Crippen LogP contribution in [0.3, 0.4) is 0 Å². The fraction of sp³-hybridized carbons (Fsp3) is 0.583. The lowest BCUT2D eigenvalue weighted by Gasteiger charge is -2.14. The van der Waals surface area contributed by atoms with Gasteiger partial charge in [-0.05, 0) is 38.4 Å². The summed E-state index contributed by atoms with van der Waals surface area (Å²) in [6, 6.07) is 4.20. The van der Waals surface area contributed by atoms with Crippen molar-refractivity contribution < 1.29 is 4.79 Å². The van der Waals surface area contributed by atoms with Crippen LogP contribution in [0.4, 0.5) is 0 Å². The smallest absolute Gasteiger partial charge is 0.228 e. The Labute approximate surface area is 111 Å². The molecule has 0 aliphatic carbocycles. The van der Waals surface area contributed by atoms with Crippen LogP contribution in [0.2, 0.25) is 4.34 Å². The zero-order valence-electron chi connectivity index (χ0n) is 9.83. The lowest BCUT2D eigenvalue weighted by Crippen LogP contribution is -2.38. The number of amides is 1. The zero-order chi connectivity index (χ0) is 12.3. The molecule has 2 N–H and O–H groups in total. The Hall–Kier alpha value is -0.580. The maximum absolute atomic E-state index is 11.9. The van der Waals surface area contributed by atoms with Gasteiger partial charge < -0.3 is 10.6 Å². The van der Waals surface area contributed by atoms with Crippen LogP contribution in [0, 0.1) is 0 Å². The van der Waals surface area contributed by atoms with Gasteiger partial charge >= 0.3 is 0 Å². The third-order valence-corrected chi connectivity index (χ3v) is 4.51. The van der Waals surface area contributed by atoms with Gasteiger partial charge in [0.2, 0.25) is 5.91 Å². The van der Waals surface area contributed by atoms with E-state index in [1.54, 1.807) is 0 Å². The number of halogens is 1. The molecule has 1 aromatic rings. The standard InChI is InChI=1S/C12H17ClN2OS/c1-8(10-4-5-11(13)17-10)12(16)15-7-9-3-2-6-14-9/h4-5,8-9,14H,2-3,6-7H2,1H3,(H,15,16). The summed E-state index contributed by atoms with van der Waals surface area (Å²) in [5, 5.41) is 6.36. The average molecular weight is 273 g/mol. The van der Waals surface area contributed by atoms with E-state index < -0.39 is 0 Å². The Kier molecular flexibility index (Phi) is 4.42. The number of thiophene rings is 1. The third kappa shape index (κ3) is 3.44. The molecule has 3 nitrogen and oxygen atoms in total. The largest absolute Gasteiger partial charge is 0.354 e. The molecule has 1 saturated heterocycles. The van der Waals surface area contributed by atoms with Gasteiger partial charge in [-0.25, -0.2) is 0 Å². The van der Waals surface area contributed by atoms with Gasteiger partial charge in [-0.1, -0.05) is 11.6 Å². The number of carbonyl (C=O) groups excluding carboxylic acids is 1. The van der Waals surface area contributed by atoms with Crippen LogP contribution in [0.1, 0.15) is 30.6 Å². The van der Waals surface area contributed by atoms with Crippen LogP contribution in [-0.4, -0.2) is 25.0 Å². The molecule has 0 aromatic carbocycles. The summed E-state index contributed by atoms with van der Waals surface area (Å²) in [6.07, 6.45) is 2.36. The lowest BCUT2D eigenvalue weighted by atomic mass is 10.1. The van der Waals surface area contributed by atoms with Gasteiger partial charge in [0.05, 0.1) is 10.3 Å². The summed E-state index contributed by atoms with van der Waals surface area (Å²) >= 11 is 7.34. The highest BCUT2D eigenvalue weighted by Crippen LogP contribution is 2.28. The SMILES string of the molecule is CC(C(=O)NCC1CCCN1)c1ccc(Cl)s1. The second-order valence-corrected chi connectivity index (χ2v) is 6.15. The predicted molar refractivity (Wildman–Crippen MR) is 71.8 cm³/mol. The van der Waals surface area contributed by atoms with Crippen molar-refractivity contribution in [2.24, 2.45) is 0 Å². The number of rotatable bonds is 4. The van der Waals surface area contributed by atoms with E-state index in [9.17, 15) is 4.79 Å². The first-order chi connectivity index (χ1) is 8.16. The average Bonchev–Trinajstić information content (AvgIpc) is 2.95. The summed E-state index contributed by atoms with van der Waals surface area (Å²) in [6.45, 7) is 3.71.